The van der Waals surface area contributed by atoms with E-state index in [9.17, 15) is 22.8 Å². The highest BCUT2D eigenvalue weighted by Gasteiger charge is 2.38. The van der Waals surface area contributed by atoms with Crippen LogP contribution < -0.4 is 15.8 Å². The van der Waals surface area contributed by atoms with Crippen LogP contribution in [0.15, 0.2) is 29.2 Å². The highest BCUT2D eigenvalue weighted by molar-refractivity contribution is 5.92. The number of piperidine rings is 1. The molecule has 9 nitrogen and oxygen atoms in total. The van der Waals surface area contributed by atoms with Gasteiger partial charge in [-0.2, -0.15) is 18.3 Å². The van der Waals surface area contributed by atoms with E-state index in [1.807, 2.05) is 6.07 Å². The normalized spacial score (nSPS) is 19.8. The Hall–Kier alpha value is -3.41. The van der Waals surface area contributed by atoms with E-state index in [4.69, 9.17) is 0 Å². The molecule has 2 aliphatic rings. The van der Waals surface area contributed by atoms with Crippen molar-refractivity contribution in [2.75, 3.05) is 38.1 Å². The van der Waals surface area contributed by atoms with Gasteiger partial charge < -0.3 is 15.2 Å². The number of halogens is 3. The summed E-state index contributed by atoms with van der Waals surface area (Å²) in [7, 11) is 3.00. The number of carbonyl (C=O) groups excluding carboxylic acids is 1. The summed E-state index contributed by atoms with van der Waals surface area (Å²) in [4.78, 5) is 35.9. The van der Waals surface area contributed by atoms with Crippen molar-refractivity contribution >= 4 is 22.5 Å². The fraction of sp³-hybridized carbons (Fsp3) is 0.500. The first-order valence-electron chi connectivity index (χ1n) is 12.0. The number of rotatable bonds is 4. The van der Waals surface area contributed by atoms with Gasteiger partial charge in [-0.25, -0.2) is 4.98 Å². The number of H-pyrrole nitrogens is 1. The standard InChI is InChI=1S/C24H28F3N7O2/c1-28-22(35)17-4-3-16(12-29-17)33-9-6-15(7-10-33)34-8-5-14(13-34)18-11-19-20(23(36)30-18)21(24(25,26)27)31-32(19)2/h3-4,11-12,14-15H,5-10,13H2,1-2H3,(H,28,35)(H,30,36). The first kappa shape index (κ1) is 24.3. The molecule has 5 heterocycles. The Labute approximate surface area is 205 Å². The highest BCUT2D eigenvalue weighted by Crippen LogP contribution is 2.35. The van der Waals surface area contributed by atoms with Crippen molar-refractivity contribution in [2.45, 2.75) is 37.4 Å². The van der Waals surface area contributed by atoms with Crippen molar-refractivity contribution in [3.8, 4) is 0 Å². The molecule has 12 heteroatoms. The number of pyridine rings is 2. The molecule has 0 radical (unpaired) electrons. The molecule has 1 amide bonds. The molecular formula is C24H28F3N7O2. The van der Waals surface area contributed by atoms with Gasteiger partial charge in [0.05, 0.1) is 22.8 Å². The molecule has 1 unspecified atom stereocenters. The van der Waals surface area contributed by atoms with E-state index in [0.717, 1.165) is 55.8 Å². The van der Waals surface area contributed by atoms with E-state index in [-0.39, 0.29) is 17.3 Å². The Morgan fingerprint density at radius 2 is 1.92 bits per heavy atom. The van der Waals surface area contributed by atoms with Gasteiger partial charge in [-0.1, -0.05) is 0 Å². The van der Waals surface area contributed by atoms with Crippen LogP contribution in [0.25, 0.3) is 10.9 Å². The van der Waals surface area contributed by atoms with Crippen LogP contribution in [0.1, 0.15) is 47.1 Å². The summed E-state index contributed by atoms with van der Waals surface area (Å²) in [6.07, 6.45) is -0.190. The summed E-state index contributed by atoms with van der Waals surface area (Å²) in [5.41, 5.74) is 0.337. The molecule has 0 aliphatic carbocycles. The van der Waals surface area contributed by atoms with Crippen molar-refractivity contribution in [3.05, 3.63) is 51.8 Å². The zero-order valence-corrected chi connectivity index (χ0v) is 20.1. The van der Waals surface area contributed by atoms with Gasteiger partial charge in [0.15, 0.2) is 5.69 Å². The lowest BCUT2D eigenvalue weighted by Gasteiger charge is -2.37. The smallest absolute Gasteiger partial charge is 0.370 e. The van der Waals surface area contributed by atoms with Gasteiger partial charge in [-0.05, 0) is 44.0 Å². The molecule has 2 N–H and O–H groups in total. The minimum atomic E-state index is -4.69. The second-order valence-electron chi connectivity index (χ2n) is 9.46. The molecule has 5 rings (SSSR count). The van der Waals surface area contributed by atoms with Gasteiger partial charge in [-0.3, -0.25) is 19.2 Å². The largest absolute Gasteiger partial charge is 0.435 e. The van der Waals surface area contributed by atoms with Crippen molar-refractivity contribution < 1.29 is 18.0 Å². The summed E-state index contributed by atoms with van der Waals surface area (Å²) < 4.78 is 41.1. The maximum Gasteiger partial charge on any atom is 0.435 e. The molecule has 2 aliphatic heterocycles. The van der Waals surface area contributed by atoms with E-state index in [2.05, 4.69) is 30.2 Å². The quantitative estimate of drug-likeness (QED) is 0.568. The lowest BCUT2D eigenvalue weighted by molar-refractivity contribution is -0.140. The van der Waals surface area contributed by atoms with Crippen LogP contribution in [0.4, 0.5) is 18.9 Å². The predicted molar refractivity (Wildman–Crippen MR) is 128 cm³/mol. The first-order chi connectivity index (χ1) is 17.2. The minimum absolute atomic E-state index is 0.0471. The zero-order chi connectivity index (χ0) is 25.6. The van der Waals surface area contributed by atoms with Crippen LogP contribution in [0, 0.1) is 0 Å². The van der Waals surface area contributed by atoms with E-state index < -0.39 is 22.8 Å². The summed E-state index contributed by atoms with van der Waals surface area (Å²) >= 11 is 0. The predicted octanol–water partition coefficient (Wildman–Crippen LogP) is 2.49. The molecule has 0 spiro atoms. The number of hydrogen-bond donors (Lipinski definition) is 2. The van der Waals surface area contributed by atoms with Gasteiger partial charge in [0.1, 0.15) is 5.69 Å². The van der Waals surface area contributed by atoms with Gasteiger partial charge in [0, 0.05) is 51.4 Å². The van der Waals surface area contributed by atoms with Crippen LogP contribution in [0.3, 0.4) is 0 Å². The van der Waals surface area contributed by atoms with Crippen LogP contribution in [0.2, 0.25) is 0 Å². The topological polar surface area (TPSA) is 99.1 Å². The number of hydrogen-bond acceptors (Lipinski definition) is 6. The molecule has 0 aromatic carbocycles. The second-order valence-corrected chi connectivity index (χ2v) is 9.46. The number of likely N-dealkylation sites (tertiary alicyclic amines) is 1. The van der Waals surface area contributed by atoms with Gasteiger partial charge in [0.2, 0.25) is 0 Å². The maximum atomic E-state index is 13.3. The second kappa shape index (κ2) is 9.23. The Balaban J connectivity index is 1.24. The van der Waals surface area contributed by atoms with Gasteiger partial charge in [0.25, 0.3) is 11.5 Å². The number of carbonyl (C=O) groups is 1. The summed E-state index contributed by atoms with van der Waals surface area (Å²) in [5.74, 6) is -0.167. The van der Waals surface area contributed by atoms with Gasteiger partial charge >= 0.3 is 6.18 Å². The van der Waals surface area contributed by atoms with Crippen molar-refractivity contribution in [1.29, 1.82) is 0 Å². The van der Waals surface area contributed by atoms with Gasteiger partial charge in [-0.15, -0.1) is 0 Å². The van der Waals surface area contributed by atoms with Crippen LogP contribution >= 0.6 is 0 Å². The molecule has 2 saturated heterocycles. The third-order valence-corrected chi connectivity index (χ3v) is 7.35. The Morgan fingerprint density at radius 1 is 1.17 bits per heavy atom. The number of aromatic amines is 1. The van der Waals surface area contributed by atoms with E-state index in [1.165, 1.54) is 7.05 Å². The number of amides is 1. The van der Waals surface area contributed by atoms with E-state index in [1.54, 1.807) is 25.4 Å². The monoisotopic (exact) mass is 503 g/mol. The molecule has 0 bridgehead atoms. The number of fused-ring (bicyclic) bond motifs is 1. The Kier molecular flexibility index (Phi) is 6.23. The molecule has 2 fully saturated rings. The fourth-order valence-electron chi connectivity index (χ4n) is 5.42. The zero-order valence-electron chi connectivity index (χ0n) is 20.1. The third kappa shape index (κ3) is 4.45. The molecule has 0 saturated carbocycles. The Morgan fingerprint density at radius 3 is 2.56 bits per heavy atom. The van der Waals surface area contributed by atoms with Crippen molar-refractivity contribution in [3.63, 3.8) is 0 Å². The van der Waals surface area contributed by atoms with Crippen molar-refractivity contribution in [1.82, 2.24) is 30.0 Å². The number of nitrogens with one attached hydrogen (secondary N) is 2. The van der Waals surface area contributed by atoms with Crippen LogP contribution in [-0.2, 0) is 13.2 Å². The molecule has 3 aromatic rings. The first-order valence-corrected chi connectivity index (χ1v) is 12.0. The van der Waals surface area contributed by atoms with Crippen molar-refractivity contribution in [2.24, 2.45) is 7.05 Å². The number of nitrogens with zero attached hydrogens (tertiary/aromatic N) is 5. The lowest BCUT2D eigenvalue weighted by Crippen LogP contribution is -2.44. The molecule has 192 valence electrons. The molecule has 3 aromatic heterocycles. The fourth-order valence-corrected chi connectivity index (χ4v) is 5.42. The summed E-state index contributed by atoms with van der Waals surface area (Å²) in [6.45, 7) is 3.35. The summed E-state index contributed by atoms with van der Waals surface area (Å²) in [5, 5.41) is 5.72. The SMILES string of the molecule is CNC(=O)c1ccc(N2CCC(N3CCC(c4cc5c(c(C(F)(F)F)nn5C)c(=O)[nH]4)C3)CC2)cn1. The minimum Gasteiger partial charge on any atom is -0.370 e. The molecule has 36 heavy (non-hydrogen) atoms. The molecule has 1 atom stereocenters. The Bertz CT molecular complexity index is 1320. The average Bonchev–Trinajstić information content (AvgIpc) is 3.49. The number of anilines is 1. The number of alkyl halides is 3. The highest BCUT2D eigenvalue weighted by atomic mass is 19.4. The summed E-state index contributed by atoms with van der Waals surface area (Å²) in [6, 6.07) is 5.68. The van der Waals surface area contributed by atoms with Crippen LogP contribution in [0.5, 0.6) is 0 Å². The number of aromatic nitrogens is 4. The number of aryl methyl sites for hydroxylation is 1. The van der Waals surface area contributed by atoms with E-state index in [0.29, 0.717) is 17.4 Å². The lowest BCUT2D eigenvalue weighted by atomic mass is 10.0. The average molecular weight is 504 g/mol. The maximum absolute atomic E-state index is 13.3. The van der Waals surface area contributed by atoms with Crippen LogP contribution in [-0.4, -0.2) is 69.8 Å². The molecular weight excluding hydrogens is 475 g/mol. The van der Waals surface area contributed by atoms with E-state index >= 15 is 0 Å². The third-order valence-electron chi connectivity index (χ3n) is 7.35.